The molecule has 6 nitrogen and oxygen atoms in total. The molecule has 5 N–H and O–H groups in total. The molecule has 6 atom stereocenters. The first-order valence-corrected chi connectivity index (χ1v) is 14.9. The lowest BCUT2D eigenvalue weighted by atomic mass is 9.69. The van der Waals surface area contributed by atoms with Crippen LogP contribution in [0.25, 0.3) is 0 Å². The molecule has 0 aromatic heterocycles. The number of nitrogens with zero attached hydrogens (tertiary/aromatic N) is 2. The summed E-state index contributed by atoms with van der Waals surface area (Å²) >= 11 is 1.98. The molecule has 4 heterocycles. The molecule has 3 saturated heterocycles. The highest BCUT2D eigenvalue weighted by atomic mass is 35.5. The van der Waals surface area contributed by atoms with Gasteiger partial charge in [0, 0.05) is 12.6 Å². The van der Waals surface area contributed by atoms with Gasteiger partial charge in [-0.05, 0) is 42.0 Å². The monoisotopic (exact) mass is 605 g/mol. The Morgan fingerprint density at radius 2 is 1.76 bits per heavy atom. The first kappa shape index (κ1) is 33.7. The summed E-state index contributed by atoms with van der Waals surface area (Å²) in [6.07, 6.45) is 4.48. The van der Waals surface area contributed by atoms with E-state index in [4.69, 9.17) is 4.99 Å². The van der Waals surface area contributed by atoms with Gasteiger partial charge in [0.15, 0.2) is 0 Å². The van der Waals surface area contributed by atoms with Crippen molar-refractivity contribution in [3.63, 3.8) is 0 Å². The number of fused-ring (bicyclic) bond motifs is 2. The Kier molecular flexibility index (Phi) is 12.7. The minimum absolute atomic E-state index is 0. The summed E-state index contributed by atoms with van der Waals surface area (Å²) < 4.78 is 0. The number of aliphatic imine (C=N–C) groups is 1. The lowest BCUT2D eigenvalue weighted by molar-refractivity contribution is -0.753. The quantitative estimate of drug-likeness (QED) is 0.312. The molecule has 1 aromatic rings. The maximum absolute atomic E-state index is 14.5. The molecule has 1 amide bonds. The van der Waals surface area contributed by atoms with E-state index >= 15 is 0 Å². The number of hydrogen-bond donors (Lipinski definition) is 3. The molecule has 5 rings (SSSR count). The van der Waals surface area contributed by atoms with Crippen molar-refractivity contribution in [2.75, 3.05) is 46.8 Å². The standard InChI is InChI=1S/C28H43N5OS.3ClH/c1-5-19(6-2)24-14-21(20-10-8-7-9-11-20)12-13-33(24)26(34)22-15-29-17-28(22)18-30-16-23-25(28)35-27(31-23)32(3)4;;;/h7-11,19,21-25,29-30H,5-6,12-18H2,1-4H3;3*1H/t21-,22+,23?,24+,25?,28+;;;/m1.../s1. The number of nitrogens with one attached hydrogen (secondary N) is 1. The van der Waals surface area contributed by atoms with Crippen LogP contribution in [0, 0.1) is 17.3 Å². The van der Waals surface area contributed by atoms with E-state index < -0.39 is 0 Å². The Morgan fingerprint density at radius 3 is 2.39 bits per heavy atom. The molecule has 4 aliphatic heterocycles. The summed E-state index contributed by atoms with van der Waals surface area (Å²) in [6.45, 7) is 9.66. The molecule has 216 valence electrons. The zero-order valence-corrected chi connectivity index (χ0v) is 26.3. The van der Waals surface area contributed by atoms with Crippen LogP contribution in [0.3, 0.4) is 0 Å². The summed E-state index contributed by atoms with van der Waals surface area (Å²) in [5.74, 6) is 1.69. The first-order chi connectivity index (χ1) is 17.0. The summed E-state index contributed by atoms with van der Waals surface area (Å²) in [5.41, 5.74) is 1.49. The maximum atomic E-state index is 14.5. The van der Waals surface area contributed by atoms with Crippen molar-refractivity contribution in [1.82, 2.24) is 4.90 Å². The second-order valence-electron chi connectivity index (χ2n) is 11.6. The van der Waals surface area contributed by atoms with Crippen LogP contribution < -0.4 is 52.8 Å². The van der Waals surface area contributed by atoms with Gasteiger partial charge in [-0.1, -0.05) is 57.0 Å². The number of piperidine rings is 2. The number of nitrogens with two attached hydrogens (primary N) is 2. The van der Waals surface area contributed by atoms with Crippen molar-refractivity contribution < 1.29 is 57.5 Å². The topological polar surface area (TPSA) is 70.3 Å². The number of quaternary nitrogens is 3. The smallest absolute Gasteiger partial charge is 0.257 e. The highest BCUT2D eigenvalue weighted by molar-refractivity contribution is 8.14. The summed E-state index contributed by atoms with van der Waals surface area (Å²) in [5, 5.41) is 6.56. The number of amidine groups is 1. The minimum Gasteiger partial charge on any atom is -1.00 e. The average molecular weight is 607 g/mol. The number of carbonyl (C=O) groups is 1. The summed E-state index contributed by atoms with van der Waals surface area (Å²) in [4.78, 5) is 23.3. The molecule has 2 unspecified atom stereocenters. The van der Waals surface area contributed by atoms with Crippen molar-refractivity contribution >= 4 is 22.8 Å². The molecule has 4 aliphatic rings. The molecule has 3 fully saturated rings. The largest absolute Gasteiger partial charge is 1.00 e. The Bertz CT molecular complexity index is 934. The van der Waals surface area contributed by atoms with E-state index in [2.05, 4.69) is 73.8 Å². The fourth-order valence-electron chi connectivity index (χ4n) is 7.57. The van der Waals surface area contributed by atoms with E-state index in [1.807, 2.05) is 11.8 Å². The van der Waals surface area contributed by atoms with Crippen LogP contribution in [0.1, 0.15) is 51.0 Å². The lowest BCUT2D eigenvalue weighted by Gasteiger charge is -2.47. The minimum atomic E-state index is 0. The molecule has 0 bridgehead atoms. The number of rotatable bonds is 5. The van der Waals surface area contributed by atoms with Crippen LogP contribution in [-0.2, 0) is 4.79 Å². The van der Waals surface area contributed by atoms with E-state index in [-0.39, 0.29) is 48.6 Å². The molecular formula is C28H46Cl3N5OS. The number of halogens is 3. The fraction of sp³-hybridized carbons (Fsp3) is 0.714. The highest BCUT2D eigenvalue weighted by Crippen LogP contribution is 2.46. The van der Waals surface area contributed by atoms with Crippen LogP contribution in [0.2, 0.25) is 0 Å². The van der Waals surface area contributed by atoms with Gasteiger partial charge in [0.2, 0.25) is 5.91 Å². The predicted octanol–water partition coefficient (Wildman–Crippen LogP) is -9.05. The zero-order chi connectivity index (χ0) is 24.6. The molecule has 0 aliphatic carbocycles. The number of likely N-dealkylation sites (tertiary alicyclic amines) is 1. The zero-order valence-electron chi connectivity index (χ0n) is 23.2. The Labute approximate surface area is 252 Å². The van der Waals surface area contributed by atoms with E-state index in [1.165, 1.54) is 15.6 Å². The second kappa shape index (κ2) is 14.4. The summed E-state index contributed by atoms with van der Waals surface area (Å²) in [7, 11) is 4.36. The second-order valence-corrected chi connectivity index (χ2v) is 12.7. The molecular weight excluding hydrogens is 561 g/mol. The predicted molar refractivity (Wildman–Crippen MR) is 143 cm³/mol. The van der Waals surface area contributed by atoms with E-state index in [9.17, 15) is 4.79 Å². The van der Waals surface area contributed by atoms with E-state index in [1.54, 1.807) is 0 Å². The molecule has 10 heteroatoms. The third-order valence-corrected chi connectivity index (χ3v) is 11.3. The molecule has 38 heavy (non-hydrogen) atoms. The fourth-order valence-corrected chi connectivity index (χ4v) is 9.16. The number of amides is 1. The molecule has 0 saturated carbocycles. The van der Waals surface area contributed by atoms with Crippen molar-refractivity contribution in [3.05, 3.63) is 35.9 Å². The van der Waals surface area contributed by atoms with Crippen molar-refractivity contribution in [2.24, 2.45) is 22.2 Å². The lowest BCUT2D eigenvalue weighted by Crippen LogP contribution is -3.07. The Hall–Kier alpha value is -0.540. The van der Waals surface area contributed by atoms with Crippen LogP contribution >= 0.6 is 11.8 Å². The number of carbonyl (C=O) groups excluding carboxylic acids is 1. The first-order valence-electron chi connectivity index (χ1n) is 14.0. The van der Waals surface area contributed by atoms with Crippen LogP contribution in [0.5, 0.6) is 0 Å². The van der Waals surface area contributed by atoms with Crippen molar-refractivity contribution in [3.8, 4) is 0 Å². The third-order valence-electron chi connectivity index (χ3n) is 9.51. The van der Waals surface area contributed by atoms with Gasteiger partial charge in [0.1, 0.15) is 12.0 Å². The Balaban J connectivity index is 0.00000169. The van der Waals surface area contributed by atoms with Gasteiger partial charge in [-0.25, -0.2) is 4.99 Å². The van der Waals surface area contributed by atoms with Crippen LogP contribution in [0.4, 0.5) is 0 Å². The van der Waals surface area contributed by atoms with Crippen molar-refractivity contribution in [2.45, 2.75) is 62.8 Å². The number of thioether (sulfide) groups is 1. The summed E-state index contributed by atoms with van der Waals surface area (Å²) in [6, 6.07) is 11.7. The SMILES string of the molecule is CCC(CC)[C@@H]1C[C@H](c2ccccc2)CCN1C(=O)[C@@H]1C[NH2+]C[C@]12C[NH2+]CC1N=C([NH+](C)C)SC12.[Cl-].[Cl-].[Cl-]. The third kappa shape index (κ3) is 6.19. The van der Waals surface area contributed by atoms with E-state index in [0.29, 0.717) is 35.1 Å². The van der Waals surface area contributed by atoms with Gasteiger partial charge in [-0.3, -0.25) is 9.69 Å². The average Bonchev–Trinajstić information content (AvgIpc) is 3.51. The van der Waals surface area contributed by atoms with Crippen LogP contribution in [0.15, 0.2) is 35.3 Å². The highest BCUT2D eigenvalue weighted by Gasteiger charge is 2.64. The number of hydrogen-bond acceptors (Lipinski definition) is 3. The van der Waals surface area contributed by atoms with Crippen molar-refractivity contribution in [1.29, 1.82) is 0 Å². The molecule has 1 spiro atoms. The Morgan fingerprint density at radius 1 is 1.11 bits per heavy atom. The van der Waals surface area contributed by atoms with Gasteiger partial charge in [0.25, 0.3) is 5.17 Å². The van der Waals surface area contributed by atoms with Gasteiger partial charge in [-0.2, -0.15) is 0 Å². The number of benzene rings is 1. The van der Waals surface area contributed by atoms with E-state index in [0.717, 1.165) is 58.4 Å². The van der Waals surface area contributed by atoms with Gasteiger partial charge >= 0.3 is 0 Å². The normalized spacial score (nSPS) is 32.3. The van der Waals surface area contributed by atoms with Gasteiger partial charge in [-0.15, -0.1) is 0 Å². The maximum Gasteiger partial charge on any atom is 0.257 e. The van der Waals surface area contributed by atoms with Gasteiger partial charge < -0.3 is 52.8 Å². The van der Waals surface area contributed by atoms with Gasteiger partial charge in [0.05, 0.1) is 50.9 Å². The van der Waals surface area contributed by atoms with Crippen LogP contribution in [-0.4, -0.2) is 80.1 Å². The molecule has 0 radical (unpaired) electrons. The molecule has 1 aromatic carbocycles.